The van der Waals surface area contributed by atoms with Gasteiger partial charge in [-0.3, -0.25) is 19.4 Å². The number of rotatable bonds is 7. The summed E-state index contributed by atoms with van der Waals surface area (Å²) in [7, 11) is 0. The number of carbonyl (C=O) groups excluding carboxylic acids is 3. The summed E-state index contributed by atoms with van der Waals surface area (Å²) in [5, 5.41) is 5.93. The van der Waals surface area contributed by atoms with E-state index in [1.54, 1.807) is 6.20 Å². The van der Waals surface area contributed by atoms with E-state index in [1.807, 2.05) is 12.1 Å². The van der Waals surface area contributed by atoms with Crippen LogP contribution in [-0.2, 0) is 26.5 Å². The molecule has 7 nitrogen and oxygen atoms in total. The minimum atomic E-state index is -1.02. The second kappa shape index (κ2) is 5.54. The van der Waals surface area contributed by atoms with E-state index in [9.17, 15) is 14.4 Å². The van der Waals surface area contributed by atoms with Crippen molar-refractivity contribution in [1.29, 1.82) is 0 Å². The quantitative estimate of drug-likeness (QED) is 0.625. The molecule has 0 aromatic carbocycles. The Bertz CT molecular complexity index is 748. The molecule has 1 aromatic heterocycles. The molecule has 3 saturated carbocycles. The molecule has 0 unspecified atom stereocenters. The van der Waals surface area contributed by atoms with Gasteiger partial charge in [0.05, 0.1) is 11.2 Å². The van der Waals surface area contributed by atoms with E-state index in [4.69, 9.17) is 5.73 Å². The van der Waals surface area contributed by atoms with Gasteiger partial charge in [0.1, 0.15) is 5.41 Å². The molecule has 25 heavy (non-hydrogen) atoms. The Kier molecular flexibility index (Phi) is 3.56. The van der Waals surface area contributed by atoms with Crippen molar-refractivity contribution in [2.45, 2.75) is 50.6 Å². The first-order valence-corrected chi connectivity index (χ1v) is 8.81. The molecule has 0 radical (unpaired) electrons. The third kappa shape index (κ3) is 2.99. The van der Waals surface area contributed by atoms with Gasteiger partial charge < -0.3 is 16.4 Å². The van der Waals surface area contributed by atoms with E-state index >= 15 is 0 Å². The van der Waals surface area contributed by atoms with Crippen molar-refractivity contribution in [1.82, 2.24) is 15.6 Å². The number of hydrogen-bond donors (Lipinski definition) is 3. The number of nitrogens with one attached hydrogen (secondary N) is 2. The first-order valence-electron chi connectivity index (χ1n) is 8.81. The van der Waals surface area contributed by atoms with Gasteiger partial charge >= 0.3 is 0 Å². The van der Waals surface area contributed by atoms with Crippen molar-refractivity contribution in [3.8, 4) is 0 Å². The minimum Gasteiger partial charge on any atom is -0.369 e. The van der Waals surface area contributed by atoms with Crippen LogP contribution in [0.2, 0.25) is 0 Å². The van der Waals surface area contributed by atoms with Crippen molar-refractivity contribution in [3.05, 3.63) is 29.6 Å². The molecular formula is C18H22N4O3. The van der Waals surface area contributed by atoms with E-state index in [1.165, 1.54) is 0 Å². The molecule has 7 heteroatoms. The van der Waals surface area contributed by atoms with Crippen LogP contribution in [0.4, 0.5) is 0 Å². The molecule has 1 aromatic rings. The molecule has 3 fully saturated rings. The van der Waals surface area contributed by atoms with Crippen LogP contribution in [0.15, 0.2) is 18.3 Å². The van der Waals surface area contributed by atoms with Crippen LogP contribution in [0, 0.1) is 11.3 Å². The molecule has 0 aliphatic heterocycles. The van der Waals surface area contributed by atoms with Crippen LogP contribution in [0.1, 0.15) is 49.8 Å². The highest BCUT2D eigenvalue weighted by Gasteiger charge is 2.59. The largest absolute Gasteiger partial charge is 0.369 e. The van der Waals surface area contributed by atoms with Gasteiger partial charge in [-0.25, -0.2) is 0 Å². The molecule has 0 saturated heterocycles. The number of carbonyl (C=O) groups is 3. The molecule has 132 valence electrons. The Morgan fingerprint density at radius 1 is 1.20 bits per heavy atom. The summed E-state index contributed by atoms with van der Waals surface area (Å²) in [5.41, 5.74) is 5.59. The maximum atomic E-state index is 12.5. The smallest absolute Gasteiger partial charge is 0.236 e. The maximum Gasteiger partial charge on any atom is 0.236 e. The zero-order chi connectivity index (χ0) is 17.7. The van der Waals surface area contributed by atoms with Gasteiger partial charge in [-0.15, -0.1) is 0 Å². The van der Waals surface area contributed by atoms with Gasteiger partial charge in [-0.1, -0.05) is 0 Å². The zero-order valence-electron chi connectivity index (χ0n) is 14.0. The average molecular weight is 342 g/mol. The average Bonchev–Trinajstić information content (AvgIpc) is 3.47. The lowest BCUT2D eigenvalue weighted by atomic mass is 10.0. The third-order valence-electron chi connectivity index (χ3n) is 5.49. The highest BCUT2D eigenvalue weighted by atomic mass is 16.2. The molecule has 4 rings (SSSR count). The van der Waals surface area contributed by atoms with Gasteiger partial charge in [0.2, 0.25) is 17.7 Å². The van der Waals surface area contributed by atoms with Gasteiger partial charge in [0.25, 0.3) is 0 Å². The first-order chi connectivity index (χ1) is 12.0. The molecule has 3 aliphatic rings. The van der Waals surface area contributed by atoms with Crippen LogP contribution in [-0.4, -0.2) is 22.7 Å². The molecule has 3 aliphatic carbocycles. The Morgan fingerprint density at radius 2 is 1.92 bits per heavy atom. The summed E-state index contributed by atoms with van der Waals surface area (Å²) in [4.78, 5) is 40.2. The number of nitrogens with two attached hydrogens (primary N) is 1. The molecular weight excluding hydrogens is 320 g/mol. The fourth-order valence-electron chi connectivity index (χ4n) is 3.14. The van der Waals surface area contributed by atoms with Crippen molar-refractivity contribution in [2.24, 2.45) is 17.1 Å². The predicted molar refractivity (Wildman–Crippen MR) is 88.7 cm³/mol. The lowest BCUT2D eigenvalue weighted by Gasteiger charge is -2.20. The molecule has 1 heterocycles. The highest BCUT2D eigenvalue weighted by Crippen LogP contribution is 2.50. The van der Waals surface area contributed by atoms with Gasteiger partial charge in [-0.2, -0.15) is 0 Å². The molecule has 4 N–H and O–H groups in total. The van der Waals surface area contributed by atoms with E-state index in [0.717, 1.165) is 36.9 Å². The highest BCUT2D eigenvalue weighted by molar-refractivity contribution is 6.07. The van der Waals surface area contributed by atoms with Crippen molar-refractivity contribution in [2.75, 3.05) is 0 Å². The molecule has 0 atom stereocenters. The molecule has 0 bridgehead atoms. The SMILES string of the molecule is NC(=O)C1(C(=O)NC2(c3cc(CNC(=O)C4CC4)ccn3)CC2)CC1. The summed E-state index contributed by atoms with van der Waals surface area (Å²) < 4.78 is 0. The van der Waals surface area contributed by atoms with Gasteiger partial charge in [-0.05, 0) is 56.2 Å². The minimum absolute atomic E-state index is 0.102. The number of hydrogen-bond acceptors (Lipinski definition) is 4. The van der Waals surface area contributed by atoms with E-state index in [0.29, 0.717) is 19.4 Å². The fraction of sp³-hybridized carbons (Fsp3) is 0.556. The van der Waals surface area contributed by atoms with Crippen LogP contribution >= 0.6 is 0 Å². The lowest BCUT2D eigenvalue weighted by molar-refractivity contribution is -0.136. The molecule has 3 amide bonds. The Labute approximate surface area is 145 Å². The van der Waals surface area contributed by atoms with Crippen LogP contribution in [0.25, 0.3) is 0 Å². The topological polar surface area (TPSA) is 114 Å². The second-order valence-corrected chi connectivity index (χ2v) is 7.52. The number of aromatic nitrogens is 1. The summed E-state index contributed by atoms with van der Waals surface area (Å²) in [6, 6.07) is 3.78. The normalized spacial score (nSPS) is 21.9. The summed E-state index contributed by atoms with van der Waals surface area (Å²) in [6.07, 6.45) is 6.27. The van der Waals surface area contributed by atoms with Gasteiger partial charge in [0, 0.05) is 18.7 Å². The van der Waals surface area contributed by atoms with Gasteiger partial charge in [0.15, 0.2) is 0 Å². The summed E-state index contributed by atoms with van der Waals surface area (Å²) in [5.74, 6) is -0.555. The Hall–Kier alpha value is -2.44. The summed E-state index contributed by atoms with van der Waals surface area (Å²) in [6.45, 7) is 0.458. The van der Waals surface area contributed by atoms with Crippen molar-refractivity contribution < 1.29 is 14.4 Å². The third-order valence-corrected chi connectivity index (χ3v) is 5.49. The van der Waals surface area contributed by atoms with E-state index < -0.39 is 16.9 Å². The van der Waals surface area contributed by atoms with E-state index in [2.05, 4.69) is 15.6 Å². The first kappa shape index (κ1) is 16.1. The zero-order valence-corrected chi connectivity index (χ0v) is 14.0. The number of pyridine rings is 1. The number of amides is 3. The maximum absolute atomic E-state index is 12.5. The van der Waals surface area contributed by atoms with Crippen molar-refractivity contribution >= 4 is 17.7 Å². The monoisotopic (exact) mass is 342 g/mol. The van der Waals surface area contributed by atoms with Crippen LogP contribution in [0.3, 0.4) is 0 Å². The summed E-state index contributed by atoms with van der Waals surface area (Å²) >= 11 is 0. The van der Waals surface area contributed by atoms with Crippen LogP contribution in [0.5, 0.6) is 0 Å². The second-order valence-electron chi connectivity index (χ2n) is 7.52. The number of nitrogens with zero attached hydrogens (tertiary/aromatic N) is 1. The lowest BCUT2D eigenvalue weighted by Crippen LogP contribution is -2.45. The standard InChI is InChI=1S/C18H22N4O3/c19-15(24)17(4-5-17)16(25)22-18(6-7-18)13-9-11(3-8-20-13)10-21-14(23)12-1-2-12/h3,8-9,12H,1-2,4-7,10H2,(H2,19,24)(H,21,23)(H,22,25). The van der Waals surface area contributed by atoms with Crippen LogP contribution < -0.4 is 16.4 Å². The molecule has 0 spiro atoms. The number of primary amides is 1. The Morgan fingerprint density at radius 3 is 2.48 bits per heavy atom. The van der Waals surface area contributed by atoms with E-state index in [-0.39, 0.29) is 17.7 Å². The van der Waals surface area contributed by atoms with Crippen molar-refractivity contribution in [3.63, 3.8) is 0 Å². The fourth-order valence-corrected chi connectivity index (χ4v) is 3.14. The Balaban J connectivity index is 1.44. The predicted octanol–water partition coefficient (Wildman–Crippen LogP) is 0.479.